The van der Waals surface area contributed by atoms with E-state index in [0.717, 1.165) is 119 Å². The van der Waals surface area contributed by atoms with Crippen LogP contribution in [0.15, 0.2) is 192 Å². The molecule has 7 heteroatoms. The second-order valence-electron chi connectivity index (χ2n) is 18.1. The number of fused-ring (bicyclic) bond motifs is 18. The number of hydrogen-bond donors (Lipinski definition) is 0. The fourth-order valence-electron chi connectivity index (χ4n) is 11.5. The van der Waals surface area contributed by atoms with E-state index in [1.165, 1.54) is 20.2 Å². The summed E-state index contributed by atoms with van der Waals surface area (Å²) in [5.41, 5.74) is 11.8. The normalized spacial score (nSPS) is 12.0. The lowest BCUT2D eigenvalue weighted by Gasteiger charge is -2.25. The Hall–Kier alpha value is -8.98. The van der Waals surface area contributed by atoms with Crippen molar-refractivity contribution < 1.29 is 4.42 Å². The van der Waals surface area contributed by atoms with Gasteiger partial charge in [0.2, 0.25) is 5.69 Å². The molecule has 0 aliphatic heterocycles. The predicted molar refractivity (Wildman–Crippen MR) is 295 cm³/mol. The molecule has 5 heterocycles. The minimum atomic E-state index is 0.394. The Labute approximate surface area is 407 Å². The first-order valence-corrected chi connectivity index (χ1v) is 24.9. The molecule has 0 fully saturated rings. The molecule has 0 aliphatic rings. The van der Waals surface area contributed by atoms with E-state index in [1.807, 2.05) is 36.4 Å². The molecule has 10 aromatic carbocycles. The number of nitriles is 1. The van der Waals surface area contributed by atoms with Crippen LogP contribution in [0, 0.1) is 24.8 Å². The van der Waals surface area contributed by atoms with Gasteiger partial charge in [0.25, 0.3) is 0 Å². The van der Waals surface area contributed by atoms with Gasteiger partial charge in [-0.15, -0.1) is 22.7 Å². The zero-order chi connectivity index (χ0) is 46.4. The van der Waals surface area contributed by atoms with Crippen molar-refractivity contribution in [2.24, 2.45) is 0 Å². The maximum absolute atomic E-state index is 12.3. The summed E-state index contributed by atoms with van der Waals surface area (Å²) >= 11 is 3.54. The Morgan fingerprint density at radius 1 is 0.486 bits per heavy atom. The molecule has 0 saturated carbocycles. The van der Waals surface area contributed by atoms with E-state index in [-0.39, 0.29) is 0 Å². The van der Waals surface area contributed by atoms with Gasteiger partial charge in [-0.3, -0.25) is 0 Å². The quantitative estimate of drug-likeness (QED) is 0.165. The highest BCUT2D eigenvalue weighted by Gasteiger charge is 2.33. The van der Waals surface area contributed by atoms with E-state index < -0.39 is 0 Å². The fraction of sp³-hybridized carbons (Fsp3) is 0.0159. The van der Waals surface area contributed by atoms with Crippen LogP contribution >= 0.6 is 22.7 Å². The van der Waals surface area contributed by atoms with Crippen molar-refractivity contribution >= 4 is 134 Å². The van der Waals surface area contributed by atoms with Crippen LogP contribution in [0.25, 0.3) is 144 Å². The van der Waals surface area contributed by atoms with E-state index in [0.29, 0.717) is 16.9 Å². The minimum absolute atomic E-state index is 0.394. The van der Waals surface area contributed by atoms with Gasteiger partial charge in [0, 0.05) is 74.4 Å². The maximum atomic E-state index is 12.3. The lowest BCUT2D eigenvalue weighted by atomic mass is 9.88. The summed E-state index contributed by atoms with van der Waals surface area (Å²) in [6, 6.07) is 68.8. The molecule has 5 nitrogen and oxygen atoms in total. The number of rotatable bonds is 4. The van der Waals surface area contributed by atoms with E-state index in [9.17, 15) is 11.8 Å². The van der Waals surface area contributed by atoms with Crippen LogP contribution in [0.5, 0.6) is 0 Å². The van der Waals surface area contributed by atoms with Gasteiger partial charge in [0.05, 0.1) is 55.0 Å². The van der Waals surface area contributed by atoms with Crippen molar-refractivity contribution in [3.63, 3.8) is 0 Å². The van der Waals surface area contributed by atoms with Crippen LogP contribution in [-0.2, 0) is 0 Å². The molecule has 15 aromatic rings. The zero-order valence-corrected chi connectivity index (χ0v) is 39.0. The van der Waals surface area contributed by atoms with Gasteiger partial charge in [-0.05, 0) is 54.4 Å². The number of para-hydroxylation sites is 1. The van der Waals surface area contributed by atoms with Gasteiger partial charge < -0.3 is 13.6 Å². The van der Waals surface area contributed by atoms with Crippen molar-refractivity contribution in [3.05, 3.63) is 211 Å². The SMILES string of the molecule is [C-]#[N+]c1c(-c2ccccc2)c(-n2c3ccccc3c3ccc4c5cc(C)ccc5oc4c32)c(-c2ccccc2)c(C#N)c1-n1c2c(ccc3c4ccccc4sc32)c2ccc3c4ccccc4sc3c21. The van der Waals surface area contributed by atoms with Crippen LogP contribution < -0.4 is 0 Å². The Bertz CT molecular complexity index is 4650. The molecule has 324 valence electrons. The van der Waals surface area contributed by atoms with E-state index in [4.69, 9.17) is 9.26 Å². The highest BCUT2D eigenvalue weighted by Crippen LogP contribution is 2.55. The Kier molecular flexibility index (Phi) is 8.10. The number of nitrogens with zero attached hydrogens (tertiary/aromatic N) is 4. The topological polar surface area (TPSA) is 51.1 Å². The summed E-state index contributed by atoms with van der Waals surface area (Å²) in [5, 5.41) is 23.2. The Balaban J connectivity index is 1.23. The van der Waals surface area contributed by atoms with Gasteiger partial charge in [-0.2, -0.15) is 5.26 Å². The van der Waals surface area contributed by atoms with E-state index in [2.05, 4.69) is 174 Å². The van der Waals surface area contributed by atoms with Crippen molar-refractivity contribution in [2.75, 3.05) is 0 Å². The van der Waals surface area contributed by atoms with Gasteiger partial charge in [0.1, 0.15) is 11.7 Å². The summed E-state index contributed by atoms with van der Waals surface area (Å²) < 4.78 is 16.2. The molecule has 5 aromatic heterocycles. The first-order chi connectivity index (χ1) is 34.6. The van der Waals surface area contributed by atoms with Gasteiger partial charge in [-0.25, -0.2) is 4.85 Å². The minimum Gasteiger partial charge on any atom is -0.454 e. The molecular formula is C63H34N4OS2. The van der Waals surface area contributed by atoms with Crippen molar-refractivity contribution in [3.8, 4) is 39.7 Å². The second kappa shape index (κ2) is 14.5. The summed E-state index contributed by atoms with van der Waals surface area (Å²) in [7, 11) is 0. The number of furan rings is 1. The van der Waals surface area contributed by atoms with Crippen molar-refractivity contribution in [2.45, 2.75) is 6.92 Å². The molecule has 0 spiro atoms. The van der Waals surface area contributed by atoms with Crippen LogP contribution in [0.2, 0.25) is 0 Å². The van der Waals surface area contributed by atoms with Gasteiger partial charge in [0.15, 0.2) is 5.58 Å². The summed E-state index contributed by atoms with van der Waals surface area (Å²) in [5.74, 6) is 0. The third kappa shape index (κ3) is 5.17. The van der Waals surface area contributed by atoms with Crippen LogP contribution in [0.1, 0.15) is 11.1 Å². The summed E-state index contributed by atoms with van der Waals surface area (Å²) in [6.45, 7) is 11.7. The Morgan fingerprint density at radius 3 is 1.63 bits per heavy atom. The second-order valence-corrected chi connectivity index (χ2v) is 20.2. The van der Waals surface area contributed by atoms with Gasteiger partial charge in [-0.1, -0.05) is 157 Å². The molecule has 0 amide bonds. The lowest BCUT2D eigenvalue weighted by molar-refractivity contribution is 0.671. The van der Waals surface area contributed by atoms with E-state index >= 15 is 0 Å². The summed E-state index contributed by atoms with van der Waals surface area (Å²) in [4.78, 5) is 4.69. The first kappa shape index (κ1) is 39.1. The first-order valence-electron chi connectivity index (χ1n) is 23.3. The number of aryl methyl sites for hydroxylation is 1. The number of benzene rings is 10. The van der Waals surface area contributed by atoms with Crippen LogP contribution in [0.3, 0.4) is 0 Å². The number of hydrogen-bond acceptors (Lipinski definition) is 4. The monoisotopic (exact) mass is 926 g/mol. The van der Waals surface area contributed by atoms with E-state index in [1.54, 1.807) is 22.7 Å². The third-order valence-electron chi connectivity index (χ3n) is 14.4. The lowest BCUT2D eigenvalue weighted by Crippen LogP contribution is -2.08. The number of thiophene rings is 2. The molecule has 0 unspecified atom stereocenters. The fourth-order valence-corrected chi connectivity index (χ4v) is 14.0. The molecule has 0 bridgehead atoms. The molecule has 0 saturated heterocycles. The maximum Gasteiger partial charge on any atom is 0.221 e. The standard InChI is InChI=1S/C63H34N4OS2/c1-35-25-32-50-47(33-35)44-29-26-41-38-19-9-12-22-49(38)66(57(41)61(44)68-50)60-53(36-15-5-3-6-16-36)48(34-64)56(55(65-2)54(60)37-17-7-4-8-18-37)67-58-42(27-30-45-39-20-10-13-23-51(39)69-62(45)58)43-28-31-46-40-21-11-14-24-52(40)70-63(46)59(43)67/h3-33H,1H3. The molecule has 0 atom stereocenters. The average molecular weight is 927 g/mol. The molecule has 0 radical (unpaired) electrons. The van der Waals surface area contributed by atoms with Crippen molar-refractivity contribution in [1.82, 2.24) is 9.13 Å². The van der Waals surface area contributed by atoms with Gasteiger partial charge >= 0.3 is 0 Å². The zero-order valence-electron chi connectivity index (χ0n) is 37.4. The van der Waals surface area contributed by atoms with Crippen LogP contribution in [-0.4, -0.2) is 9.13 Å². The predicted octanol–water partition coefficient (Wildman–Crippen LogP) is 18.6. The smallest absolute Gasteiger partial charge is 0.221 e. The molecule has 70 heavy (non-hydrogen) atoms. The highest BCUT2D eigenvalue weighted by molar-refractivity contribution is 7.27. The molecule has 0 aliphatic carbocycles. The molecular weight excluding hydrogens is 893 g/mol. The van der Waals surface area contributed by atoms with Crippen molar-refractivity contribution in [1.29, 1.82) is 5.26 Å². The highest BCUT2D eigenvalue weighted by atomic mass is 32.1. The summed E-state index contributed by atoms with van der Waals surface area (Å²) in [6.07, 6.45) is 0. The molecule has 0 N–H and O–H groups in total. The Morgan fingerprint density at radius 2 is 1.01 bits per heavy atom. The largest absolute Gasteiger partial charge is 0.454 e. The molecule has 15 rings (SSSR count). The van der Waals surface area contributed by atoms with Crippen LogP contribution in [0.4, 0.5) is 5.69 Å². The number of aromatic nitrogens is 2. The third-order valence-corrected chi connectivity index (χ3v) is 16.8. The average Bonchev–Trinajstić information content (AvgIpc) is 4.23.